The van der Waals surface area contributed by atoms with Crippen LogP contribution in [-0.4, -0.2) is 45.2 Å². The number of benzene rings is 1. The number of hydrogen-bond donors (Lipinski definition) is 1. The average Bonchev–Trinajstić information content (AvgIpc) is 2.87. The molecule has 36 heavy (non-hydrogen) atoms. The molecule has 3 atom stereocenters. The molecule has 1 aliphatic heterocycles. The first-order valence-corrected chi connectivity index (χ1v) is 12.6. The number of ketones is 1. The highest BCUT2D eigenvalue weighted by Crippen LogP contribution is 2.48. The summed E-state index contributed by atoms with van der Waals surface area (Å²) in [6.45, 7) is 3.68. The number of carbonyl (C=O) groups excluding carboxylic acids is 3. The molecule has 1 aromatic rings. The molecule has 1 aromatic carbocycles. The van der Waals surface area contributed by atoms with Gasteiger partial charge in [0.05, 0.1) is 32.8 Å². The van der Waals surface area contributed by atoms with Crippen molar-refractivity contribution < 1.29 is 33.3 Å². The van der Waals surface area contributed by atoms with Crippen LogP contribution in [0.5, 0.6) is 11.5 Å². The van der Waals surface area contributed by atoms with Crippen LogP contribution >= 0.6 is 0 Å². The molecule has 0 amide bonds. The van der Waals surface area contributed by atoms with Gasteiger partial charge in [-0.15, -0.1) is 0 Å². The molecule has 1 fully saturated rings. The van der Waals surface area contributed by atoms with Crippen molar-refractivity contribution in [2.24, 2.45) is 11.8 Å². The summed E-state index contributed by atoms with van der Waals surface area (Å²) in [4.78, 5) is 40.3. The number of methoxy groups -OCH3 is 3. The van der Waals surface area contributed by atoms with Crippen LogP contribution < -0.4 is 14.8 Å². The second kappa shape index (κ2) is 10.8. The van der Waals surface area contributed by atoms with Crippen LogP contribution in [0.3, 0.4) is 0 Å². The number of allylic oxidation sites excluding steroid dienone is 3. The van der Waals surface area contributed by atoms with Gasteiger partial charge in [0.25, 0.3) is 0 Å². The number of carbonyl (C=O) groups is 3. The Balaban J connectivity index is 1.86. The summed E-state index contributed by atoms with van der Waals surface area (Å²) in [7, 11) is 4.38. The third-order valence-corrected chi connectivity index (χ3v) is 7.54. The van der Waals surface area contributed by atoms with Gasteiger partial charge in [-0.05, 0) is 63.1 Å². The second-order valence-corrected chi connectivity index (χ2v) is 9.81. The van der Waals surface area contributed by atoms with Crippen LogP contribution in [0.2, 0.25) is 0 Å². The molecule has 0 unspecified atom stereocenters. The lowest BCUT2D eigenvalue weighted by Crippen LogP contribution is -2.43. The van der Waals surface area contributed by atoms with Crippen molar-refractivity contribution in [2.45, 2.75) is 64.4 Å². The van der Waals surface area contributed by atoms with Crippen molar-refractivity contribution in [1.82, 2.24) is 5.32 Å². The number of hydrogen-bond acceptors (Lipinski definition) is 8. The fraction of sp³-hybridized carbons (Fsp3) is 0.536. The van der Waals surface area contributed by atoms with Gasteiger partial charge < -0.3 is 24.3 Å². The lowest BCUT2D eigenvalue weighted by atomic mass is 9.69. The molecule has 4 rings (SSSR count). The van der Waals surface area contributed by atoms with E-state index in [0.29, 0.717) is 46.0 Å². The molecule has 1 saturated carbocycles. The van der Waals surface area contributed by atoms with Gasteiger partial charge in [0.15, 0.2) is 5.78 Å². The van der Waals surface area contributed by atoms with Crippen molar-refractivity contribution in [1.29, 1.82) is 0 Å². The monoisotopic (exact) mass is 497 g/mol. The predicted octanol–water partition coefficient (Wildman–Crippen LogP) is 4.19. The normalized spacial score (nSPS) is 24.6. The van der Waals surface area contributed by atoms with Crippen LogP contribution in [0, 0.1) is 11.8 Å². The van der Waals surface area contributed by atoms with E-state index in [1.165, 1.54) is 7.11 Å². The highest BCUT2D eigenvalue weighted by molar-refractivity contribution is 6.12. The Bertz CT molecular complexity index is 1110. The van der Waals surface area contributed by atoms with Crippen molar-refractivity contribution in [3.8, 4) is 11.5 Å². The summed E-state index contributed by atoms with van der Waals surface area (Å²) in [5.41, 5.74) is 2.65. The van der Waals surface area contributed by atoms with E-state index in [1.54, 1.807) is 32.4 Å². The number of ether oxygens (including phenoxy) is 4. The first kappa shape index (κ1) is 25.8. The van der Waals surface area contributed by atoms with E-state index < -0.39 is 23.8 Å². The van der Waals surface area contributed by atoms with Gasteiger partial charge in [-0.3, -0.25) is 9.59 Å². The minimum absolute atomic E-state index is 0.153. The first-order chi connectivity index (χ1) is 17.3. The molecule has 0 spiro atoms. The van der Waals surface area contributed by atoms with Crippen molar-refractivity contribution >= 4 is 17.7 Å². The zero-order valence-electron chi connectivity index (χ0n) is 21.6. The predicted molar refractivity (Wildman–Crippen MR) is 132 cm³/mol. The van der Waals surface area contributed by atoms with Crippen LogP contribution in [0.4, 0.5) is 0 Å². The van der Waals surface area contributed by atoms with E-state index >= 15 is 0 Å². The molecular formula is C28H35NO7. The van der Waals surface area contributed by atoms with Gasteiger partial charge in [0.2, 0.25) is 0 Å². The minimum atomic E-state index is -0.955. The Hall–Kier alpha value is -3.29. The van der Waals surface area contributed by atoms with E-state index in [-0.39, 0.29) is 17.8 Å². The zero-order chi connectivity index (χ0) is 26.0. The Morgan fingerprint density at radius 3 is 2.39 bits per heavy atom. The van der Waals surface area contributed by atoms with Crippen LogP contribution in [-0.2, 0) is 23.9 Å². The molecular weight excluding hydrogens is 462 g/mol. The summed E-state index contributed by atoms with van der Waals surface area (Å²) in [5, 5.41) is 3.30. The number of rotatable bonds is 6. The third kappa shape index (κ3) is 4.73. The van der Waals surface area contributed by atoms with Gasteiger partial charge in [-0.2, -0.15) is 0 Å². The maximum absolute atomic E-state index is 13.9. The van der Waals surface area contributed by atoms with E-state index in [9.17, 15) is 14.4 Å². The van der Waals surface area contributed by atoms with E-state index in [1.807, 2.05) is 13.8 Å². The molecule has 0 saturated heterocycles. The van der Waals surface area contributed by atoms with Crippen LogP contribution in [0.25, 0.3) is 0 Å². The molecule has 8 nitrogen and oxygen atoms in total. The Morgan fingerprint density at radius 1 is 1.03 bits per heavy atom. The first-order valence-electron chi connectivity index (χ1n) is 12.6. The molecule has 1 N–H and O–H groups in total. The van der Waals surface area contributed by atoms with Gasteiger partial charge >= 0.3 is 11.9 Å². The van der Waals surface area contributed by atoms with Crippen molar-refractivity contribution in [3.63, 3.8) is 0 Å². The highest BCUT2D eigenvalue weighted by Gasteiger charge is 2.48. The van der Waals surface area contributed by atoms with E-state index in [4.69, 9.17) is 18.9 Å². The number of dihydropyridines is 1. The molecule has 1 heterocycles. The average molecular weight is 498 g/mol. The molecule has 194 valence electrons. The molecule has 0 aromatic heterocycles. The molecule has 0 bridgehead atoms. The zero-order valence-corrected chi connectivity index (χ0v) is 21.6. The minimum Gasteiger partial charge on any atom is -0.497 e. The highest BCUT2D eigenvalue weighted by atomic mass is 16.5. The van der Waals surface area contributed by atoms with Crippen LogP contribution in [0.1, 0.15) is 63.9 Å². The Morgan fingerprint density at radius 2 is 1.75 bits per heavy atom. The fourth-order valence-corrected chi connectivity index (χ4v) is 5.72. The van der Waals surface area contributed by atoms with Crippen molar-refractivity contribution in [2.75, 3.05) is 21.3 Å². The van der Waals surface area contributed by atoms with E-state index in [0.717, 1.165) is 32.1 Å². The Kier molecular flexibility index (Phi) is 7.71. The standard InChI is InChI=1S/C28H35NO7/c1-15-13-20-25(26(30)22(15)27(31)35-5)24(19-14-18(33-3)11-12-21(19)34-4)23(16(2)29-20)28(32)36-17-9-7-6-8-10-17/h11-12,14-15,17,22,24,29H,6-10,13H2,1-5H3/t15-,22-,24+/m1/s1. The quantitative estimate of drug-likeness (QED) is 0.461. The number of Topliss-reactive ketones (excluding diaryl/α,β-unsaturated/α-hetero) is 1. The summed E-state index contributed by atoms with van der Waals surface area (Å²) in [6.07, 6.45) is 5.15. The van der Waals surface area contributed by atoms with Gasteiger partial charge in [0.1, 0.15) is 23.5 Å². The third-order valence-electron chi connectivity index (χ3n) is 7.54. The fourth-order valence-electron chi connectivity index (χ4n) is 5.72. The molecule has 0 radical (unpaired) electrons. The maximum atomic E-state index is 13.9. The van der Waals surface area contributed by atoms with Crippen LogP contribution in [0.15, 0.2) is 40.7 Å². The number of esters is 2. The van der Waals surface area contributed by atoms with Gasteiger partial charge in [-0.25, -0.2) is 4.79 Å². The topological polar surface area (TPSA) is 100 Å². The SMILES string of the molecule is COC(=O)[C@H]1C(=O)C2=C(C[C@H]1C)NC(C)=C(C(=O)OC1CCCCC1)[C@@H]2c1cc(OC)ccc1OC. The summed E-state index contributed by atoms with van der Waals surface area (Å²) < 4.78 is 22.1. The number of nitrogens with one attached hydrogen (secondary N) is 1. The summed E-state index contributed by atoms with van der Waals surface area (Å²) in [6, 6.07) is 5.29. The summed E-state index contributed by atoms with van der Waals surface area (Å²) in [5.74, 6) is -2.32. The molecule has 3 aliphatic rings. The van der Waals surface area contributed by atoms with Crippen molar-refractivity contribution in [3.05, 3.63) is 46.3 Å². The molecule has 8 heteroatoms. The second-order valence-electron chi connectivity index (χ2n) is 9.81. The molecule has 2 aliphatic carbocycles. The smallest absolute Gasteiger partial charge is 0.337 e. The maximum Gasteiger partial charge on any atom is 0.337 e. The van der Waals surface area contributed by atoms with Gasteiger partial charge in [0, 0.05) is 22.5 Å². The lowest BCUT2D eigenvalue weighted by Gasteiger charge is -2.39. The Labute approximate surface area is 212 Å². The van der Waals surface area contributed by atoms with Gasteiger partial charge in [-0.1, -0.05) is 13.3 Å². The lowest BCUT2D eigenvalue weighted by molar-refractivity contribution is -0.151. The summed E-state index contributed by atoms with van der Waals surface area (Å²) >= 11 is 0. The largest absolute Gasteiger partial charge is 0.497 e. The van der Waals surface area contributed by atoms with E-state index in [2.05, 4.69) is 5.32 Å².